The third-order valence-corrected chi connectivity index (χ3v) is 8.25. The van der Waals surface area contributed by atoms with E-state index in [2.05, 4.69) is 62.4 Å². The van der Waals surface area contributed by atoms with Crippen molar-refractivity contribution in [2.45, 2.75) is 51.7 Å². The van der Waals surface area contributed by atoms with Crippen LogP contribution < -0.4 is 35.9 Å². The van der Waals surface area contributed by atoms with E-state index in [0.29, 0.717) is 25.5 Å². The lowest BCUT2D eigenvalue weighted by molar-refractivity contribution is -0.985. The van der Waals surface area contributed by atoms with Gasteiger partial charge in [0.15, 0.2) is 23.0 Å². The Kier molecular flexibility index (Phi) is 5.49. The van der Waals surface area contributed by atoms with Crippen LogP contribution in [0.3, 0.4) is 0 Å². The minimum absolute atomic E-state index is 0. The average molecular weight is 536 g/mol. The normalized spacial score (nSPS) is 22.8. The van der Waals surface area contributed by atoms with E-state index in [1.54, 1.807) is 0 Å². The van der Waals surface area contributed by atoms with Crippen molar-refractivity contribution in [1.29, 1.82) is 0 Å². The molecular weight excluding hydrogens is 506 g/mol. The summed E-state index contributed by atoms with van der Waals surface area (Å²) in [7, 11) is 0. The molecule has 0 amide bonds. The van der Waals surface area contributed by atoms with Gasteiger partial charge in [0.2, 0.25) is 13.6 Å². The lowest BCUT2D eigenvalue weighted by Gasteiger charge is -2.51. The van der Waals surface area contributed by atoms with E-state index in [1.165, 1.54) is 33.4 Å². The molecule has 0 fully saturated rings. The van der Waals surface area contributed by atoms with Gasteiger partial charge in [0.25, 0.3) is 0 Å². The Hall–Kier alpha value is -2.70. The van der Waals surface area contributed by atoms with Crippen molar-refractivity contribution in [1.82, 2.24) is 0 Å². The van der Waals surface area contributed by atoms with E-state index in [0.717, 1.165) is 60.0 Å². The number of quaternary nitrogens is 1. The fourth-order valence-electron chi connectivity index (χ4n) is 6.39. The number of fused-ring (bicyclic) bond motifs is 7. The Balaban J connectivity index is 0.00000229. The van der Waals surface area contributed by atoms with Crippen molar-refractivity contribution in [3.63, 3.8) is 0 Å². The summed E-state index contributed by atoms with van der Waals surface area (Å²) in [4.78, 5) is 0. The zero-order valence-corrected chi connectivity index (χ0v) is 21.8. The molecular formula is C29H30BrNO4. The molecule has 0 bridgehead atoms. The van der Waals surface area contributed by atoms with E-state index in [4.69, 9.17) is 18.9 Å². The van der Waals surface area contributed by atoms with Gasteiger partial charge in [-0.3, -0.25) is 0 Å². The predicted octanol–water partition coefficient (Wildman–Crippen LogP) is 2.64. The van der Waals surface area contributed by atoms with Crippen LogP contribution in [0.2, 0.25) is 0 Å². The second-order valence-electron chi connectivity index (χ2n) is 10.5. The number of hydrogen-bond acceptors (Lipinski definition) is 4. The molecule has 4 aliphatic heterocycles. The maximum atomic E-state index is 5.98. The Morgan fingerprint density at radius 3 is 2.40 bits per heavy atom. The summed E-state index contributed by atoms with van der Waals surface area (Å²) in [5, 5.41) is 0. The number of benzene rings is 3. The number of rotatable bonds is 3. The van der Waals surface area contributed by atoms with Crippen LogP contribution in [0.25, 0.3) is 0 Å². The van der Waals surface area contributed by atoms with Gasteiger partial charge in [-0.25, -0.2) is 0 Å². The number of nitrogens with zero attached hydrogens (tertiary/aromatic N) is 1. The number of halogens is 1. The first-order chi connectivity index (χ1) is 16.6. The third kappa shape index (κ3) is 3.61. The highest BCUT2D eigenvalue weighted by Crippen LogP contribution is 2.51. The van der Waals surface area contributed by atoms with Crippen molar-refractivity contribution in [3.05, 3.63) is 81.9 Å². The number of ether oxygens (including phenoxy) is 4. The predicted molar refractivity (Wildman–Crippen MR) is 128 cm³/mol. The molecule has 2 atom stereocenters. The summed E-state index contributed by atoms with van der Waals surface area (Å²) >= 11 is 0. The topological polar surface area (TPSA) is 36.9 Å². The molecule has 0 radical (unpaired) electrons. The highest BCUT2D eigenvalue weighted by molar-refractivity contribution is 5.55. The van der Waals surface area contributed by atoms with Gasteiger partial charge in [0.05, 0.1) is 12.1 Å². The molecule has 4 aliphatic rings. The van der Waals surface area contributed by atoms with Crippen molar-refractivity contribution >= 4 is 0 Å². The van der Waals surface area contributed by atoms with Gasteiger partial charge in [-0.15, -0.1) is 0 Å². The Morgan fingerprint density at radius 1 is 0.857 bits per heavy atom. The second kappa shape index (κ2) is 8.45. The molecule has 3 aromatic rings. The lowest BCUT2D eigenvalue weighted by atomic mass is 9.80. The summed E-state index contributed by atoms with van der Waals surface area (Å²) < 4.78 is 24.2. The van der Waals surface area contributed by atoms with Crippen LogP contribution in [-0.2, 0) is 25.9 Å². The molecule has 7 rings (SSSR count). The summed E-state index contributed by atoms with van der Waals surface area (Å²) in [6.07, 6.45) is 2.02. The van der Waals surface area contributed by atoms with Crippen LogP contribution in [0.5, 0.6) is 23.0 Å². The molecule has 3 aromatic carbocycles. The summed E-state index contributed by atoms with van der Waals surface area (Å²) in [5.41, 5.74) is 8.31. The average Bonchev–Trinajstić information content (AvgIpc) is 3.51. The van der Waals surface area contributed by atoms with Crippen LogP contribution in [0, 0.1) is 0 Å². The zero-order valence-electron chi connectivity index (χ0n) is 20.2. The molecule has 182 valence electrons. The highest BCUT2D eigenvalue weighted by atomic mass is 79.9. The first-order valence-corrected chi connectivity index (χ1v) is 12.4. The monoisotopic (exact) mass is 535 g/mol. The highest BCUT2D eigenvalue weighted by Gasteiger charge is 2.48. The maximum absolute atomic E-state index is 5.98. The van der Waals surface area contributed by atoms with Crippen molar-refractivity contribution in [3.8, 4) is 23.0 Å². The van der Waals surface area contributed by atoms with E-state index < -0.39 is 0 Å². The summed E-state index contributed by atoms with van der Waals surface area (Å²) in [6, 6.07) is 18.4. The van der Waals surface area contributed by atoms with Gasteiger partial charge in [-0.05, 0) is 40.8 Å². The molecule has 35 heavy (non-hydrogen) atoms. The molecule has 0 saturated carbocycles. The maximum Gasteiger partial charge on any atom is 0.231 e. The first kappa shape index (κ1) is 22.7. The molecule has 0 saturated heterocycles. The van der Waals surface area contributed by atoms with Crippen molar-refractivity contribution < 1.29 is 40.4 Å². The fourth-order valence-corrected chi connectivity index (χ4v) is 6.39. The van der Waals surface area contributed by atoms with Crippen LogP contribution in [0.1, 0.15) is 59.2 Å². The Morgan fingerprint density at radius 2 is 1.60 bits per heavy atom. The molecule has 6 heteroatoms. The summed E-state index contributed by atoms with van der Waals surface area (Å²) in [5.74, 6) is 4.17. The van der Waals surface area contributed by atoms with Gasteiger partial charge in [0, 0.05) is 24.0 Å². The van der Waals surface area contributed by atoms with Crippen LogP contribution in [0.4, 0.5) is 0 Å². The minimum atomic E-state index is 0. The molecule has 2 unspecified atom stereocenters. The number of hydrogen-bond donors (Lipinski definition) is 0. The van der Waals surface area contributed by atoms with Gasteiger partial charge in [0.1, 0.15) is 19.1 Å². The van der Waals surface area contributed by atoms with E-state index in [1.807, 2.05) is 0 Å². The molecule has 0 N–H and O–H groups in total. The smallest absolute Gasteiger partial charge is 0.231 e. The third-order valence-electron chi connectivity index (χ3n) is 8.25. The van der Waals surface area contributed by atoms with Crippen LogP contribution in [-0.4, -0.2) is 24.6 Å². The van der Waals surface area contributed by atoms with E-state index in [9.17, 15) is 0 Å². The van der Waals surface area contributed by atoms with E-state index >= 15 is 0 Å². The minimum Gasteiger partial charge on any atom is -1.00 e. The van der Waals surface area contributed by atoms with Gasteiger partial charge < -0.3 is 40.4 Å². The SMILES string of the molecule is CC(C)c1ccc(C[N+]23CCc4cc5c(cc4C2Cc2ccc4c(c2C3)OCO4)OCO5)cc1.[Br-]. The fraction of sp³-hybridized carbons (Fsp3) is 0.379. The van der Waals surface area contributed by atoms with Crippen molar-refractivity contribution in [2.75, 3.05) is 20.1 Å². The molecule has 4 heterocycles. The lowest BCUT2D eigenvalue weighted by Crippen LogP contribution is -3.00. The standard InChI is InChI=1S/C29H30NO4.BrH/c1-18(2)20-5-3-19(4-6-20)14-30-10-9-22-12-27-28(33-16-32-27)13-23(22)25(30)11-21-7-8-26-29(24(21)15-30)34-17-31-26;/h3-8,12-13,18,25H,9-11,14-17H2,1-2H3;1H/q+1;/p-1. The van der Waals surface area contributed by atoms with Crippen molar-refractivity contribution in [2.24, 2.45) is 0 Å². The molecule has 0 aromatic heterocycles. The van der Waals surface area contributed by atoms with Gasteiger partial charge >= 0.3 is 0 Å². The summed E-state index contributed by atoms with van der Waals surface area (Å²) in [6.45, 7) is 8.18. The quantitative estimate of drug-likeness (QED) is 0.483. The van der Waals surface area contributed by atoms with Gasteiger partial charge in [-0.1, -0.05) is 44.2 Å². The van der Waals surface area contributed by atoms with E-state index in [-0.39, 0.29) is 17.0 Å². The second-order valence-corrected chi connectivity index (χ2v) is 10.5. The zero-order chi connectivity index (χ0) is 22.9. The molecule has 0 aliphatic carbocycles. The van der Waals surface area contributed by atoms with Gasteiger partial charge in [-0.2, -0.15) is 0 Å². The Bertz CT molecular complexity index is 1290. The Labute approximate surface area is 216 Å². The molecule has 5 nitrogen and oxygen atoms in total. The van der Waals surface area contributed by atoms with Crippen LogP contribution >= 0.6 is 0 Å². The van der Waals surface area contributed by atoms with Crippen LogP contribution in [0.15, 0.2) is 48.5 Å². The largest absolute Gasteiger partial charge is 1.00 e. The molecule has 0 spiro atoms. The first-order valence-electron chi connectivity index (χ1n) is 12.4.